The lowest BCUT2D eigenvalue weighted by Gasteiger charge is -2.27. The van der Waals surface area contributed by atoms with Crippen molar-refractivity contribution < 1.29 is 19.5 Å². The Kier molecular flexibility index (Phi) is 1.95. The average molecular weight is 185 g/mol. The summed E-state index contributed by atoms with van der Waals surface area (Å²) in [7, 11) is 0. The summed E-state index contributed by atoms with van der Waals surface area (Å²) in [6, 6.07) is 0. The Morgan fingerprint density at radius 3 is 3.15 bits per heavy atom. The molecule has 2 rings (SSSR count). The van der Waals surface area contributed by atoms with Gasteiger partial charge in [0.25, 0.3) is 0 Å². The summed E-state index contributed by atoms with van der Waals surface area (Å²) in [5, 5.41) is 12.5. The van der Waals surface area contributed by atoms with Crippen molar-refractivity contribution in [3.63, 3.8) is 0 Å². The molecule has 1 saturated heterocycles. The molecule has 1 N–H and O–H groups in total. The van der Waals surface area contributed by atoms with Crippen molar-refractivity contribution in [2.75, 3.05) is 6.61 Å². The second-order valence-corrected chi connectivity index (χ2v) is 3.35. The maximum Gasteiger partial charge on any atom is 0.319 e. The number of ether oxygens (including phenoxy) is 1. The number of nitrogens with zero attached hydrogens (tertiary/aromatic N) is 1. The normalized spacial score (nSPS) is 37.5. The van der Waals surface area contributed by atoms with E-state index in [1.165, 1.54) is 0 Å². The molecular weight excluding hydrogens is 174 g/mol. The van der Waals surface area contributed by atoms with Gasteiger partial charge in [0.2, 0.25) is 0 Å². The standard InChI is InChI=1S/C8H11NO4/c1-4-2-6-7(8(11)12-4)5(3-10)9-13-6/h4,6-7,10H,2-3H2,1H3/t4-,6-,7-/m1/s1. The first-order chi connectivity index (χ1) is 6.22. The predicted molar refractivity (Wildman–Crippen MR) is 43.1 cm³/mol. The fraction of sp³-hybridized carbons (Fsp3) is 0.750. The van der Waals surface area contributed by atoms with Crippen LogP contribution in [0.5, 0.6) is 0 Å². The van der Waals surface area contributed by atoms with Crippen LogP contribution in [0.3, 0.4) is 0 Å². The minimum atomic E-state index is -0.485. The summed E-state index contributed by atoms with van der Waals surface area (Å²) >= 11 is 0. The van der Waals surface area contributed by atoms with Crippen LogP contribution in [0.2, 0.25) is 0 Å². The van der Waals surface area contributed by atoms with E-state index in [-0.39, 0.29) is 24.8 Å². The SMILES string of the molecule is C[C@@H]1C[C@H]2ON=C(CO)[C@H]2C(=O)O1. The minimum absolute atomic E-state index is 0.123. The van der Waals surface area contributed by atoms with E-state index < -0.39 is 5.92 Å². The number of hydrogen-bond donors (Lipinski definition) is 1. The number of rotatable bonds is 1. The molecule has 1 fully saturated rings. The molecule has 0 aromatic carbocycles. The first kappa shape index (κ1) is 8.50. The van der Waals surface area contributed by atoms with Gasteiger partial charge in [0, 0.05) is 6.42 Å². The molecule has 5 heteroatoms. The third-order valence-corrected chi connectivity index (χ3v) is 2.33. The predicted octanol–water partition coefficient (Wildman–Crippen LogP) is -0.315. The Hall–Kier alpha value is -1.10. The Morgan fingerprint density at radius 2 is 2.46 bits per heavy atom. The van der Waals surface area contributed by atoms with Crippen LogP contribution >= 0.6 is 0 Å². The highest BCUT2D eigenvalue weighted by Gasteiger charge is 2.45. The molecule has 0 spiro atoms. The van der Waals surface area contributed by atoms with Gasteiger partial charge in [0.1, 0.15) is 23.8 Å². The van der Waals surface area contributed by atoms with Crippen molar-refractivity contribution in [1.29, 1.82) is 0 Å². The maximum atomic E-state index is 11.4. The number of aliphatic hydroxyl groups is 1. The molecule has 13 heavy (non-hydrogen) atoms. The number of cyclic esters (lactones) is 1. The molecule has 2 aliphatic heterocycles. The van der Waals surface area contributed by atoms with Crippen LogP contribution < -0.4 is 0 Å². The molecule has 0 aromatic rings. The van der Waals surface area contributed by atoms with E-state index in [1.54, 1.807) is 0 Å². The van der Waals surface area contributed by atoms with E-state index in [4.69, 9.17) is 14.7 Å². The fourth-order valence-corrected chi connectivity index (χ4v) is 1.71. The molecule has 3 atom stereocenters. The van der Waals surface area contributed by atoms with E-state index >= 15 is 0 Å². The zero-order chi connectivity index (χ0) is 9.42. The van der Waals surface area contributed by atoms with E-state index in [2.05, 4.69) is 5.16 Å². The van der Waals surface area contributed by atoms with Crippen molar-refractivity contribution in [3.8, 4) is 0 Å². The monoisotopic (exact) mass is 185 g/mol. The molecule has 2 aliphatic rings. The number of oxime groups is 1. The zero-order valence-corrected chi connectivity index (χ0v) is 7.27. The number of hydrogen-bond acceptors (Lipinski definition) is 5. The number of fused-ring (bicyclic) bond motifs is 1. The highest BCUT2D eigenvalue weighted by atomic mass is 16.7. The molecule has 0 radical (unpaired) electrons. The van der Waals surface area contributed by atoms with Crippen LogP contribution in [0.1, 0.15) is 13.3 Å². The lowest BCUT2D eigenvalue weighted by molar-refractivity contribution is -0.164. The summed E-state index contributed by atoms with van der Waals surface area (Å²) in [5.41, 5.74) is 0.377. The molecule has 0 saturated carbocycles. The van der Waals surface area contributed by atoms with Gasteiger partial charge in [0.05, 0.1) is 6.61 Å². The molecule has 72 valence electrons. The second kappa shape index (κ2) is 2.99. The summed E-state index contributed by atoms with van der Waals surface area (Å²) < 4.78 is 5.02. The van der Waals surface area contributed by atoms with Gasteiger partial charge in [-0.1, -0.05) is 5.16 Å². The van der Waals surface area contributed by atoms with Gasteiger partial charge < -0.3 is 14.7 Å². The van der Waals surface area contributed by atoms with Crippen molar-refractivity contribution in [2.45, 2.75) is 25.6 Å². The molecule has 0 aliphatic carbocycles. The lowest BCUT2D eigenvalue weighted by Crippen LogP contribution is -2.42. The average Bonchev–Trinajstić information content (AvgIpc) is 2.47. The van der Waals surface area contributed by atoms with Gasteiger partial charge in [-0.15, -0.1) is 0 Å². The van der Waals surface area contributed by atoms with E-state index in [0.29, 0.717) is 12.1 Å². The quantitative estimate of drug-likeness (QED) is 0.569. The third-order valence-electron chi connectivity index (χ3n) is 2.33. The van der Waals surface area contributed by atoms with Crippen LogP contribution in [0.4, 0.5) is 0 Å². The summed E-state index contributed by atoms with van der Waals surface area (Å²) in [6.45, 7) is 1.57. The molecule has 0 amide bonds. The minimum Gasteiger partial charge on any atom is -0.462 e. The van der Waals surface area contributed by atoms with Crippen molar-refractivity contribution in [1.82, 2.24) is 0 Å². The Balaban J connectivity index is 2.17. The van der Waals surface area contributed by atoms with Gasteiger partial charge in [-0.2, -0.15) is 0 Å². The van der Waals surface area contributed by atoms with Gasteiger partial charge in [-0.05, 0) is 6.92 Å². The van der Waals surface area contributed by atoms with Crippen LogP contribution in [-0.2, 0) is 14.4 Å². The first-order valence-corrected chi connectivity index (χ1v) is 4.26. The number of aliphatic hydroxyl groups excluding tert-OH is 1. The molecule has 5 nitrogen and oxygen atoms in total. The lowest BCUT2D eigenvalue weighted by atomic mass is 9.91. The highest BCUT2D eigenvalue weighted by molar-refractivity contribution is 6.04. The van der Waals surface area contributed by atoms with Gasteiger partial charge in [-0.25, -0.2) is 0 Å². The van der Waals surface area contributed by atoms with Gasteiger partial charge in [-0.3, -0.25) is 4.79 Å². The van der Waals surface area contributed by atoms with Crippen LogP contribution in [-0.4, -0.2) is 35.6 Å². The topological polar surface area (TPSA) is 68.1 Å². The number of carbonyl (C=O) groups is 1. The van der Waals surface area contributed by atoms with Crippen LogP contribution in [0.25, 0.3) is 0 Å². The maximum absolute atomic E-state index is 11.4. The van der Waals surface area contributed by atoms with E-state index in [0.717, 1.165) is 0 Å². The van der Waals surface area contributed by atoms with Crippen LogP contribution in [0, 0.1) is 5.92 Å². The Bertz CT molecular complexity index is 263. The summed E-state index contributed by atoms with van der Waals surface area (Å²) in [6.07, 6.45) is 0.282. The van der Waals surface area contributed by atoms with E-state index in [1.807, 2.05) is 6.92 Å². The molecule has 0 aromatic heterocycles. The van der Waals surface area contributed by atoms with Crippen molar-refractivity contribution >= 4 is 11.7 Å². The highest BCUT2D eigenvalue weighted by Crippen LogP contribution is 2.29. The third kappa shape index (κ3) is 1.29. The smallest absolute Gasteiger partial charge is 0.319 e. The summed E-state index contributed by atoms with van der Waals surface area (Å²) in [5.74, 6) is -0.824. The zero-order valence-electron chi connectivity index (χ0n) is 7.27. The van der Waals surface area contributed by atoms with Crippen molar-refractivity contribution in [2.24, 2.45) is 11.1 Å². The van der Waals surface area contributed by atoms with Crippen LogP contribution in [0.15, 0.2) is 5.16 Å². The van der Waals surface area contributed by atoms with Gasteiger partial charge in [0.15, 0.2) is 0 Å². The van der Waals surface area contributed by atoms with Gasteiger partial charge >= 0.3 is 5.97 Å². The molecule has 0 bridgehead atoms. The second-order valence-electron chi connectivity index (χ2n) is 3.35. The fourth-order valence-electron chi connectivity index (χ4n) is 1.71. The largest absolute Gasteiger partial charge is 0.462 e. The first-order valence-electron chi connectivity index (χ1n) is 4.26. The molecule has 2 heterocycles. The Morgan fingerprint density at radius 1 is 1.69 bits per heavy atom. The Labute approximate surface area is 75.3 Å². The van der Waals surface area contributed by atoms with E-state index in [9.17, 15) is 4.79 Å². The molecular formula is C8H11NO4. The number of carbonyl (C=O) groups excluding carboxylic acids is 1. The molecule has 0 unspecified atom stereocenters. The summed E-state index contributed by atoms with van der Waals surface area (Å²) in [4.78, 5) is 16.4. The van der Waals surface area contributed by atoms with Crippen molar-refractivity contribution in [3.05, 3.63) is 0 Å². The number of esters is 1.